The molecule has 0 unspecified atom stereocenters. The minimum Gasteiger partial charge on any atom is -0.507 e. The largest absolute Gasteiger partial charge is 0.507 e. The van der Waals surface area contributed by atoms with Crippen LogP contribution >= 0.6 is 0 Å². The zero-order valence-corrected chi connectivity index (χ0v) is 20.8. The Morgan fingerprint density at radius 2 is 1.73 bits per heavy atom. The molecule has 0 spiro atoms. The number of aromatic hydroxyl groups is 1. The van der Waals surface area contributed by atoms with Crippen molar-refractivity contribution >= 4 is 23.8 Å². The van der Waals surface area contributed by atoms with Gasteiger partial charge in [-0.3, -0.25) is 9.59 Å². The third kappa shape index (κ3) is 5.33. The molecule has 8 heteroatoms. The van der Waals surface area contributed by atoms with Crippen molar-refractivity contribution in [3.63, 3.8) is 0 Å². The summed E-state index contributed by atoms with van der Waals surface area (Å²) < 4.78 is 22.5. The second-order valence-electron chi connectivity index (χ2n) is 9.68. The van der Waals surface area contributed by atoms with Crippen molar-refractivity contribution in [2.45, 2.75) is 63.9 Å². The number of rotatable bonds is 1. The Hall–Kier alpha value is -3.81. The quantitative estimate of drug-likeness (QED) is 0.421. The molecular weight excluding hydrogens is 476 g/mol. The van der Waals surface area contributed by atoms with Crippen molar-refractivity contribution in [2.75, 3.05) is 13.2 Å². The summed E-state index contributed by atoms with van der Waals surface area (Å²) in [7, 11) is 0. The highest BCUT2D eigenvalue weighted by atomic mass is 16.6. The molecule has 0 saturated heterocycles. The lowest BCUT2D eigenvalue weighted by molar-refractivity contribution is -0.135. The molecule has 0 saturated carbocycles. The Labute approximate surface area is 215 Å². The number of benzene rings is 2. The molecule has 3 heterocycles. The van der Waals surface area contributed by atoms with E-state index in [1.165, 1.54) is 0 Å². The molecule has 3 aliphatic heterocycles. The molecule has 0 fully saturated rings. The van der Waals surface area contributed by atoms with Crippen molar-refractivity contribution < 1.29 is 38.4 Å². The molecule has 0 bridgehead atoms. The number of carbonyl (C=O) groups is 3. The minimum absolute atomic E-state index is 0.00565. The van der Waals surface area contributed by atoms with Gasteiger partial charge in [0.2, 0.25) is 0 Å². The molecule has 2 aromatic rings. The summed E-state index contributed by atoms with van der Waals surface area (Å²) in [5.74, 6) is -0.319. The van der Waals surface area contributed by atoms with E-state index in [1.807, 2.05) is 12.1 Å². The molecule has 0 radical (unpaired) electrons. The molecule has 5 rings (SSSR count). The Bertz CT molecular complexity index is 1260. The van der Waals surface area contributed by atoms with Crippen molar-refractivity contribution in [3.8, 4) is 23.0 Å². The average Bonchev–Trinajstić information content (AvgIpc) is 2.87. The van der Waals surface area contributed by atoms with Crippen LogP contribution in [0.3, 0.4) is 0 Å². The van der Waals surface area contributed by atoms with Gasteiger partial charge >= 0.3 is 11.9 Å². The summed E-state index contributed by atoms with van der Waals surface area (Å²) in [4.78, 5) is 38.0. The van der Waals surface area contributed by atoms with Gasteiger partial charge in [0.25, 0.3) is 0 Å². The lowest BCUT2D eigenvalue weighted by atomic mass is 9.83. The summed E-state index contributed by atoms with van der Waals surface area (Å²) in [5, 5.41) is 11.5. The maximum absolute atomic E-state index is 13.3. The molecule has 2 aromatic carbocycles. The van der Waals surface area contributed by atoms with E-state index >= 15 is 0 Å². The summed E-state index contributed by atoms with van der Waals surface area (Å²) >= 11 is 0. The molecule has 0 amide bonds. The van der Waals surface area contributed by atoms with Crippen LogP contribution in [0.25, 0.3) is 6.08 Å². The van der Waals surface area contributed by atoms with Crippen LogP contribution in [0.5, 0.6) is 23.0 Å². The molecule has 2 atom stereocenters. The topological polar surface area (TPSA) is 108 Å². The third-order valence-corrected chi connectivity index (χ3v) is 6.95. The fourth-order valence-corrected chi connectivity index (χ4v) is 5.08. The number of carbonyl (C=O) groups excluding carboxylic acids is 3. The van der Waals surface area contributed by atoms with Gasteiger partial charge in [-0.1, -0.05) is 18.2 Å². The zero-order chi connectivity index (χ0) is 25.9. The van der Waals surface area contributed by atoms with E-state index in [2.05, 4.69) is 0 Å². The van der Waals surface area contributed by atoms with E-state index in [0.29, 0.717) is 74.4 Å². The maximum Gasteiger partial charge on any atom is 0.342 e. The number of hydrogen-bond donors (Lipinski definition) is 1. The molecule has 37 heavy (non-hydrogen) atoms. The maximum atomic E-state index is 13.3. The van der Waals surface area contributed by atoms with E-state index in [4.69, 9.17) is 18.9 Å². The smallest absolute Gasteiger partial charge is 0.342 e. The number of ether oxygens (including phenoxy) is 4. The lowest BCUT2D eigenvalue weighted by Gasteiger charge is -2.28. The first kappa shape index (κ1) is 24.9. The predicted octanol–water partition coefficient (Wildman–Crippen LogP) is 5.09. The lowest BCUT2D eigenvalue weighted by Crippen LogP contribution is -2.23. The summed E-state index contributed by atoms with van der Waals surface area (Å²) in [6.07, 6.45) is 6.59. The van der Waals surface area contributed by atoms with Gasteiger partial charge in [-0.15, -0.1) is 0 Å². The van der Waals surface area contributed by atoms with Crippen LogP contribution in [0.2, 0.25) is 0 Å². The first-order chi connectivity index (χ1) is 17.9. The summed E-state index contributed by atoms with van der Waals surface area (Å²) in [5.41, 5.74) is 1.53. The predicted molar refractivity (Wildman–Crippen MR) is 134 cm³/mol. The van der Waals surface area contributed by atoms with E-state index in [1.54, 1.807) is 31.2 Å². The average molecular weight is 507 g/mol. The number of esters is 2. The fourth-order valence-electron chi connectivity index (χ4n) is 5.08. The molecule has 0 aromatic heterocycles. The van der Waals surface area contributed by atoms with Crippen molar-refractivity contribution in [2.24, 2.45) is 0 Å². The second-order valence-corrected chi connectivity index (χ2v) is 9.68. The van der Waals surface area contributed by atoms with Crippen molar-refractivity contribution in [1.82, 2.24) is 0 Å². The van der Waals surface area contributed by atoms with Gasteiger partial charge in [0, 0.05) is 24.3 Å². The number of phenolic OH excluding ortho intramolecular Hbond substituents is 1. The normalized spacial score (nSPS) is 23.1. The highest BCUT2D eigenvalue weighted by Gasteiger charge is 2.36. The number of phenols is 1. The van der Waals surface area contributed by atoms with Gasteiger partial charge in [-0.05, 0) is 61.9 Å². The number of Topliss-reactive ketones (excluding diaryl/α,β-unsaturated/α-hetero) is 1. The van der Waals surface area contributed by atoms with Crippen LogP contribution in [0.1, 0.15) is 84.8 Å². The first-order valence-corrected chi connectivity index (χ1v) is 12.8. The summed E-state index contributed by atoms with van der Waals surface area (Å²) in [6.45, 7) is 2.66. The zero-order valence-electron chi connectivity index (χ0n) is 20.8. The number of hydrogen-bond acceptors (Lipinski definition) is 8. The Morgan fingerprint density at radius 3 is 2.57 bits per heavy atom. The molecule has 0 aliphatic carbocycles. The van der Waals surface area contributed by atoms with Gasteiger partial charge in [0.15, 0.2) is 11.5 Å². The number of fused-ring (bicyclic) bond motifs is 3. The van der Waals surface area contributed by atoms with Gasteiger partial charge < -0.3 is 24.1 Å². The van der Waals surface area contributed by atoms with Gasteiger partial charge in [0.1, 0.15) is 36.1 Å². The number of ketones is 1. The Kier molecular flexibility index (Phi) is 7.17. The Balaban J connectivity index is 1.58. The molecule has 8 nitrogen and oxygen atoms in total. The van der Waals surface area contributed by atoms with E-state index in [9.17, 15) is 19.5 Å². The number of cyclic esters (lactones) is 1. The van der Waals surface area contributed by atoms with Crippen LogP contribution in [0.15, 0.2) is 30.3 Å². The minimum atomic E-state index is -0.659. The number of allylic oxidation sites excluding steroid dienone is 1. The SMILES string of the molecule is C[C@@H]1CCCC(=O)CCC/C=C/c2cc3c(c(O)c2C(=O)O1)[C@@H](c1ccc2c(c1)OCCO2)CC(=O)O3. The summed E-state index contributed by atoms with van der Waals surface area (Å²) in [6, 6.07) is 7.01. The van der Waals surface area contributed by atoms with Gasteiger partial charge in [-0.25, -0.2) is 4.79 Å². The molecule has 194 valence electrons. The van der Waals surface area contributed by atoms with Gasteiger partial charge in [-0.2, -0.15) is 0 Å². The molecular formula is C29H30O8. The highest BCUT2D eigenvalue weighted by molar-refractivity contribution is 5.98. The van der Waals surface area contributed by atoms with Crippen LogP contribution in [0.4, 0.5) is 0 Å². The third-order valence-electron chi connectivity index (χ3n) is 6.95. The standard InChI is InChI=1S/C29H30O8/c1-17-6-5-9-20(30)8-4-2-3-7-19-15-24-27(28(32)26(19)29(33)36-17)21(16-25(31)37-24)18-10-11-22-23(14-18)35-13-12-34-22/h3,7,10-11,14-15,17,21,32H,2,4-6,8-9,12-13,16H2,1H3/b7-3+/t17-,21-/m1/s1. The highest BCUT2D eigenvalue weighted by Crippen LogP contribution is 2.48. The van der Waals surface area contributed by atoms with E-state index in [0.717, 1.165) is 5.56 Å². The molecule has 3 aliphatic rings. The van der Waals surface area contributed by atoms with Crippen molar-refractivity contribution in [1.29, 1.82) is 0 Å². The van der Waals surface area contributed by atoms with Crippen LogP contribution in [0, 0.1) is 0 Å². The fraction of sp³-hybridized carbons (Fsp3) is 0.414. The van der Waals surface area contributed by atoms with Crippen molar-refractivity contribution in [3.05, 3.63) is 52.6 Å². The van der Waals surface area contributed by atoms with E-state index < -0.39 is 24.0 Å². The first-order valence-electron chi connectivity index (χ1n) is 12.8. The second kappa shape index (κ2) is 10.7. The van der Waals surface area contributed by atoms with E-state index in [-0.39, 0.29) is 29.3 Å². The van der Waals surface area contributed by atoms with Crippen LogP contribution in [-0.4, -0.2) is 42.1 Å². The van der Waals surface area contributed by atoms with Gasteiger partial charge in [0.05, 0.1) is 12.5 Å². The molecule has 1 N–H and O–H groups in total. The Morgan fingerprint density at radius 1 is 0.946 bits per heavy atom. The monoisotopic (exact) mass is 506 g/mol. The van der Waals surface area contributed by atoms with Crippen LogP contribution in [-0.2, 0) is 14.3 Å². The van der Waals surface area contributed by atoms with Crippen LogP contribution < -0.4 is 14.2 Å².